The molecule has 1 aliphatic rings. The normalized spacial score (nSPS) is 16.5. The van der Waals surface area contributed by atoms with Gasteiger partial charge in [0.25, 0.3) is 5.56 Å². The van der Waals surface area contributed by atoms with Gasteiger partial charge in [0.1, 0.15) is 11.6 Å². The molecule has 0 unspecified atom stereocenters. The number of nitrogens with one attached hydrogen (secondary N) is 1. The number of anilines is 1. The summed E-state index contributed by atoms with van der Waals surface area (Å²) < 4.78 is 0. The van der Waals surface area contributed by atoms with Gasteiger partial charge in [-0.25, -0.2) is 4.98 Å². The topological polar surface area (TPSA) is 69.2 Å². The van der Waals surface area contributed by atoms with Crippen molar-refractivity contribution >= 4 is 5.82 Å². The minimum Gasteiger partial charge on any atom is -0.395 e. The van der Waals surface area contributed by atoms with Crippen LogP contribution in [0, 0.1) is 0 Å². The zero-order valence-electron chi connectivity index (χ0n) is 11.6. The summed E-state index contributed by atoms with van der Waals surface area (Å²) in [6.45, 7) is 2.61. The molecule has 0 radical (unpaired) electrons. The highest BCUT2D eigenvalue weighted by Gasteiger charge is 2.22. The summed E-state index contributed by atoms with van der Waals surface area (Å²) in [6.07, 6.45) is 6.67. The maximum absolute atomic E-state index is 11.7. The zero-order chi connectivity index (χ0) is 13.7. The fourth-order valence-corrected chi connectivity index (χ4v) is 2.79. The largest absolute Gasteiger partial charge is 0.395 e. The zero-order valence-corrected chi connectivity index (χ0v) is 11.6. The highest BCUT2D eigenvalue weighted by Crippen LogP contribution is 2.25. The summed E-state index contributed by atoms with van der Waals surface area (Å²) in [5, 5.41) is 9.27. The quantitative estimate of drug-likeness (QED) is 0.845. The molecular formula is C14H23N3O2. The van der Waals surface area contributed by atoms with E-state index >= 15 is 0 Å². The Morgan fingerprint density at radius 2 is 2.16 bits per heavy atom. The van der Waals surface area contributed by atoms with Gasteiger partial charge in [-0.3, -0.25) is 4.79 Å². The van der Waals surface area contributed by atoms with Gasteiger partial charge < -0.3 is 15.0 Å². The van der Waals surface area contributed by atoms with E-state index in [4.69, 9.17) is 0 Å². The maximum Gasteiger partial charge on any atom is 0.252 e. The van der Waals surface area contributed by atoms with Crippen molar-refractivity contribution in [2.24, 2.45) is 0 Å². The second kappa shape index (κ2) is 6.70. The van der Waals surface area contributed by atoms with Crippen LogP contribution in [0.25, 0.3) is 0 Å². The molecule has 0 amide bonds. The van der Waals surface area contributed by atoms with Crippen LogP contribution in [0.3, 0.4) is 0 Å². The summed E-state index contributed by atoms with van der Waals surface area (Å²) in [6, 6.07) is 1.95. The van der Waals surface area contributed by atoms with Crippen LogP contribution in [0.4, 0.5) is 5.82 Å². The average Bonchev–Trinajstić information content (AvgIpc) is 2.45. The molecule has 19 heavy (non-hydrogen) atoms. The van der Waals surface area contributed by atoms with Crippen LogP contribution in [0.2, 0.25) is 0 Å². The molecule has 1 fully saturated rings. The van der Waals surface area contributed by atoms with Crippen molar-refractivity contribution in [2.45, 2.75) is 51.5 Å². The number of aliphatic hydroxyl groups is 1. The molecular weight excluding hydrogens is 242 g/mol. The first-order chi connectivity index (χ1) is 9.24. The van der Waals surface area contributed by atoms with Crippen molar-refractivity contribution in [3.63, 3.8) is 0 Å². The highest BCUT2D eigenvalue weighted by atomic mass is 16.3. The van der Waals surface area contributed by atoms with Gasteiger partial charge in [-0.05, 0) is 12.8 Å². The molecule has 2 rings (SSSR count). The molecule has 0 aromatic carbocycles. The Morgan fingerprint density at radius 3 is 2.79 bits per heavy atom. The average molecular weight is 265 g/mol. The van der Waals surface area contributed by atoms with Crippen molar-refractivity contribution in [1.29, 1.82) is 0 Å². The smallest absolute Gasteiger partial charge is 0.252 e. The first-order valence-corrected chi connectivity index (χ1v) is 7.22. The molecule has 1 saturated carbocycles. The molecule has 0 bridgehead atoms. The van der Waals surface area contributed by atoms with E-state index in [9.17, 15) is 9.90 Å². The number of aliphatic hydroxyl groups excluding tert-OH is 1. The summed E-state index contributed by atoms with van der Waals surface area (Å²) >= 11 is 0. The van der Waals surface area contributed by atoms with Crippen LogP contribution < -0.4 is 10.5 Å². The number of aromatic amines is 1. The van der Waals surface area contributed by atoms with Gasteiger partial charge in [0.2, 0.25) is 0 Å². The first kappa shape index (κ1) is 14.1. The predicted octanol–water partition coefficient (Wildman–Crippen LogP) is 1.46. The Kier molecular flexibility index (Phi) is 4.96. The van der Waals surface area contributed by atoms with Crippen molar-refractivity contribution < 1.29 is 5.11 Å². The van der Waals surface area contributed by atoms with E-state index in [1.165, 1.54) is 19.3 Å². The van der Waals surface area contributed by atoms with Gasteiger partial charge >= 0.3 is 0 Å². The number of aryl methyl sites for hydroxylation is 1. The molecule has 0 atom stereocenters. The SMILES string of the molecule is CCc1nc(N(CCO)C2CCCCC2)cc(=O)[nH]1. The maximum atomic E-state index is 11.7. The molecule has 0 spiro atoms. The molecule has 5 nitrogen and oxygen atoms in total. The van der Waals surface area contributed by atoms with Gasteiger partial charge in [0, 0.05) is 25.1 Å². The number of hydrogen-bond donors (Lipinski definition) is 2. The number of aromatic nitrogens is 2. The van der Waals surface area contributed by atoms with Gasteiger partial charge in [-0.1, -0.05) is 26.2 Å². The van der Waals surface area contributed by atoms with Gasteiger partial charge in [0.15, 0.2) is 0 Å². The van der Waals surface area contributed by atoms with E-state index in [1.54, 1.807) is 6.07 Å². The molecule has 5 heteroatoms. The molecule has 106 valence electrons. The first-order valence-electron chi connectivity index (χ1n) is 7.22. The van der Waals surface area contributed by atoms with E-state index in [2.05, 4.69) is 14.9 Å². The van der Waals surface area contributed by atoms with Crippen molar-refractivity contribution in [3.8, 4) is 0 Å². The lowest BCUT2D eigenvalue weighted by atomic mass is 9.94. The molecule has 0 saturated heterocycles. The Bertz CT molecular complexity index is 452. The standard InChI is InChI=1S/C14H23N3O2/c1-2-12-15-13(10-14(19)16-12)17(8-9-18)11-6-4-3-5-7-11/h10-11,18H,2-9H2,1H3,(H,15,16,19). The molecule has 1 aromatic rings. The summed E-state index contributed by atoms with van der Waals surface area (Å²) in [7, 11) is 0. The second-order valence-electron chi connectivity index (χ2n) is 5.11. The molecule has 1 aliphatic carbocycles. The fourth-order valence-electron chi connectivity index (χ4n) is 2.79. The highest BCUT2D eigenvalue weighted by molar-refractivity contribution is 5.39. The Labute approximate surface area is 113 Å². The number of H-pyrrole nitrogens is 1. The number of hydrogen-bond acceptors (Lipinski definition) is 4. The fraction of sp³-hybridized carbons (Fsp3) is 0.714. The van der Waals surface area contributed by atoms with E-state index in [-0.39, 0.29) is 12.2 Å². The minimum atomic E-state index is -0.111. The Morgan fingerprint density at radius 1 is 1.42 bits per heavy atom. The third-order valence-corrected chi connectivity index (χ3v) is 3.76. The minimum absolute atomic E-state index is 0.0897. The Hall–Kier alpha value is -1.36. The van der Waals surface area contributed by atoms with E-state index in [0.29, 0.717) is 30.6 Å². The van der Waals surface area contributed by atoms with E-state index in [0.717, 1.165) is 12.8 Å². The van der Waals surface area contributed by atoms with Crippen LogP contribution >= 0.6 is 0 Å². The Balaban J connectivity index is 2.26. The van der Waals surface area contributed by atoms with Crippen LogP contribution in [0.5, 0.6) is 0 Å². The van der Waals surface area contributed by atoms with Crippen LogP contribution in [-0.4, -0.2) is 34.3 Å². The molecule has 1 heterocycles. The summed E-state index contributed by atoms with van der Waals surface area (Å²) in [4.78, 5) is 21.0. The number of nitrogens with zero attached hydrogens (tertiary/aromatic N) is 2. The van der Waals surface area contributed by atoms with Crippen molar-refractivity contribution in [3.05, 3.63) is 22.2 Å². The summed E-state index contributed by atoms with van der Waals surface area (Å²) in [5.41, 5.74) is -0.111. The third kappa shape index (κ3) is 3.56. The van der Waals surface area contributed by atoms with Gasteiger partial charge in [-0.15, -0.1) is 0 Å². The summed E-state index contributed by atoms with van der Waals surface area (Å²) in [5.74, 6) is 1.42. The lowest BCUT2D eigenvalue weighted by molar-refractivity contribution is 0.289. The second-order valence-corrected chi connectivity index (χ2v) is 5.11. The van der Waals surface area contributed by atoms with Gasteiger partial charge in [0.05, 0.1) is 6.61 Å². The third-order valence-electron chi connectivity index (χ3n) is 3.76. The van der Waals surface area contributed by atoms with Crippen LogP contribution in [0.1, 0.15) is 44.9 Å². The lowest BCUT2D eigenvalue weighted by Crippen LogP contribution is -2.40. The number of rotatable bonds is 5. The predicted molar refractivity (Wildman–Crippen MR) is 75.5 cm³/mol. The van der Waals surface area contributed by atoms with Crippen LogP contribution in [0.15, 0.2) is 10.9 Å². The van der Waals surface area contributed by atoms with Crippen molar-refractivity contribution in [2.75, 3.05) is 18.1 Å². The van der Waals surface area contributed by atoms with Gasteiger partial charge in [-0.2, -0.15) is 0 Å². The van der Waals surface area contributed by atoms with E-state index < -0.39 is 0 Å². The van der Waals surface area contributed by atoms with E-state index in [1.807, 2.05) is 6.92 Å². The van der Waals surface area contributed by atoms with Crippen molar-refractivity contribution in [1.82, 2.24) is 9.97 Å². The van der Waals surface area contributed by atoms with Crippen LogP contribution in [-0.2, 0) is 6.42 Å². The molecule has 1 aromatic heterocycles. The molecule has 0 aliphatic heterocycles. The lowest BCUT2D eigenvalue weighted by Gasteiger charge is -2.34. The molecule has 2 N–H and O–H groups in total. The monoisotopic (exact) mass is 265 g/mol.